The number of methoxy groups -OCH3 is 1. The molecule has 1 aromatic rings. The Labute approximate surface area is 130 Å². The van der Waals surface area contributed by atoms with Gasteiger partial charge in [0.1, 0.15) is 0 Å². The van der Waals surface area contributed by atoms with Crippen molar-refractivity contribution in [3.8, 4) is 11.5 Å². The van der Waals surface area contributed by atoms with Gasteiger partial charge < -0.3 is 14.4 Å². The van der Waals surface area contributed by atoms with Crippen molar-refractivity contribution < 1.29 is 14.3 Å². The molecular formula is C17H22N2O3. The van der Waals surface area contributed by atoms with Crippen LogP contribution < -0.4 is 9.47 Å². The molecule has 1 amide bonds. The topological polar surface area (TPSA) is 51.1 Å². The largest absolute Gasteiger partial charge is 0.493 e. The number of ether oxygens (including phenoxy) is 2. The van der Waals surface area contributed by atoms with Gasteiger partial charge in [-0.2, -0.15) is 0 Å². The number of aliphatic imine (C=N–C) groups is 1. The summed E-state index contributed by atoms with van der Waals surface area (Å²) in [6.07, 6.45) is 5.96. The second-order valence-corrected chi connectivity index (χ2v) is 5.71. The van der Waals surface area contributed by atoms with Gasteiger partial charge >= 0.3 is 0 Å². The average Bonchev–Trinajstić information content (AvgIpc) is 2.96. The van der Waals surface area contributed by atoms with Crippen molar-refractivity contribution in [1.82, 2.24) is 4.90 Å². The van der Waals surface area contributed by atoms with E-state index in [1.54, 1.807) is 13.2 Å². The Morgan fingerprint density at radius 1 is 1.36 bits per heavy atom. The zero-order chi connectivity index (χ0) is 15.5. The van der Waals surface area contributed by atoms with Crippen molar-refractivity contribution in [2.45, 2.75) is 38.6 Å². The van der Waals surface area contributed by atoms with Crippen molar-refractivity contribution in [2.75, 3.05) is 20.3 Å². The minimum Gasteiger partial charge on any atom is -0.493 e. The first-order valence-electron chi connectivity index (χ1n) is 7.94. The zero-order valence-electron chi connectivity index (χ0n) is 13.2. The van der Waals surface area contributed by atoms with Gasteiger partial charge in [0.15, 0.2) is 11.5 Å². The van der Waals surface area contributed by atoms with E-state index in [0.717, 1.165) is 32.2 Å². The first-order valence-corrected chi connectivity index (χ1v) is 7.94. The van der Waals surface area contributed by atoms with Crippen LogP contribution in [0.5, 0.6) is 11.5 Å². The van der Waals surface area contributed by atoms with E-state index >= 15 is 0 Å². The smallest absolute Gasteiger partial charge is 0.256 e. The Morgan fingerprint density at radius 2 is 2.23 bits per heavy atom. The van der Waals surface area contributed by atoms with E-state index in [1.807, 2.05) is 17.2 Å². The standard InChI is InChI=1S/C17H22N2O3/c1-3-4-8-22-16-10-14-13(9-15(16)21-2)17(20)19-7-5-6-12(19)11-18-14/h9-12H,3-8H2,1-2H3. The molecule has 2 aliphatic rings. The van der Waals surface area contributed by atoms with Gasteiger partial charge in [-0.15, -0.1) is 0 Å². The predicted octanol–water partition coefficient (Wildman–Crippen LogP) is 3.19. The van der Waals surface area contributed by atoms with Crippen molar-refractivity contribution in [3.05, 3.63) is 17.7 Å². The van der Waals surface area contributed by atoms with E-state index in [1.165, 1.54) is 0 Å². The number of benzene rings is 1. The molecule has 0 spiro atoms. The van der Waals surface area contributed by atoms with Gasteiger partial charge in [-0.05, 0) is 25.3 Å². The quantitative estimate of drug-likeness (QED) is 0.785. The summed E-state index contributed by atoms with van der Waals surface area (Å²) in [4.78, 5) is 19.1. The van der Waals surface area contributed by atoms with Crippen LogP contribution in [0.4, 0.5) is 5.69 Å². The van der Waals surface area contributed by atoms with Gasteiger partial charge in [-0.25, -0.2) is 0 Å². The third-order valence-corrected chi connectivity index (χ3v) is 4.21. The summed E-state index contributed by atoms with van der Waals surface area (Å²) in [5.74, 6) is 1.28. The molecule has 5 heteroatoms. The predicted molar refractivity (Wildman–Crippen MR) is 85.6 cm³/mol. The molecular weight excluding hydrogens is 280 g/mol. The fourth-order valence-corrected chi connectivity index (χ4v) is 2.95. The molecule has 22 heavy (non-hydrogen) atoms. The van der Waals surface area contributed by atoms with E-state index < -0.39 is 0 Å². The number of fused-ring (bicyclic) bond motifs is 2. The molecule has 1 aromatic carbocycles. The summed E-state index contributed by atoms with van der Waals surface area (Å²) in [5, 5.41) is 0. The van der Waals surface area contributed by atoms with Crippen LogP contribution in [0.1, 0.15) is 43.0 Å². The fourth-order valence-electron chi connectivity index (χ4n) is 2.95. The van der Waals surface area contributed by atoms with E-state index in [4.69, 9.17) is 9.47 Å². The lowest BCUT2D eigenvalue weighted by atomic mass is 10.1. The zero-order valence-corrected chi connectivity index (χ0v) is 13.2. The summed E-state index contributed by atoms with van der Waals surface area (Å²) in [6, 6.07) is 3.70. The highest BCUT2D eigenvalue weighted by molar-refractivity contribution is 6.03. The number of hydrogen-bond donors (Lipinski definition) is 0. The number of carbonyl (C=O) groups excluding carboxylic acids is 1. The number of amides is 1. The summed E-state index contributed by atoms with van der Waals surface area (Å²) in [5.41, 5.74) is 1.27. The van der Waals surface area contributed by atoms with Gasteiger partial charge in [0.05, 0.1) is 31.0 Å². The number of nitrogens with zero attached hydrogens (tertiary/aromatic N) is 2. The molecule has 118 valence electrons. The molecule has 1 atom stereocenters. The second kappa shape index (κ2) is 6.38. The Kier molecular flexibility index (Phi) is 4.32. The lowest BCUT2D eigenvalue weighted by Crippen LogP contribution is -2.35. The molecule has 0 saturated carbocycles. The third-order valence-electron chi connectivity index (χ3n) is 4.21. The molecule has 0 aliphatic carbocycles. The van der Waals surface area contributed by atoms with E-state index in [-0.39, 0.29) is 11.9 Å². The van der Waals surface area contributed by atoms with Crippen molar-refractivity contribution >= 4 is 17.8 Å². The number of carbonyl (C=O) groups is 1. The lowest BCUT2D eigenvalue weighted by Gasteiger charge is -2.20. The molecule has 1 saturated heterocycles. The second-order valence-electron chi connectivity index (χ2n) is 5.71. The normalized spacial score (nSPS) is 19.6. The Bertz CT molecular complexity index is 598. The van der Waals surface area contributed by atoms with Crippen molar-refractivity contribution in [2.24, 2.45) is 4.99 Å². The van der Waals surface area contributed by atoms with Gasteiger partial charge in [-0.1, -0.05) is 13.3 Å². The van der Waals surface area contributed by atoms with Gasteiger partial charge in [0.2, 0.25) is 0 Å². The molecule has 1 fully saturated rings. The number of unbranched alkanes of at least 4 members (excludes halogenated alkanes) is 1. The SMILES string of the molecule is CCCCOc1cc2c(cc1OC)C(=O)N1CCCC1C=N2. The van der Waals surface area contributed by atoms with Crippen LogP contribution in [0.15, 0.2) is 17.1 Å². The fraction of sp³-hybridized carbons (Fsp3) is 0.529. The van der Waals surface area contributed by atoms with Crippen LogP contribution in [0.2, 0.25) is 0 Å². The minimum atomic E-state index is 0.0356. The summed E-state index contributed by atoms with van der Waals surface area (Å²) < 4.78 is 11.2. The van der Waals surface area contributed by atoms with Crippen LogP contribution in [0.3, 0.4) is 0 Å². The molecule has 0 bridgehead atoms. The summed E-state index contributed by atoms with van der Waals surface area (Å²) in [6.45, 7) is 3.55. The average molecular weight is 302 g/mol. The van der Waals surface area contributed by atoms with E-state index in [9.17, 15) is 4.79 Å². The van der Waals surface area contributed by atoms with E-state index in [2.05, 4.69) is 11.9 Å². The molecule has 0 aromatic heterocycles. The van der Waals surface area contributed by atoms with Crippen LogP contribution >= 0.6 is 0 Å². The first kappa shape index (κ1) is 14.9. The molecule has 2 heterocycles. The van der Waals surface area contributed by atoms with Gasteiger partial charge in [0.25, 0.3) is 5.91 Å². The number of rotatable bonds is 5. The van der Waals surface area contributed by atoms with Gasteiger partial charge in [0, 0.05) is 18.8 Å². The van der Waals surface area contributed by atoms with Crippen LogP contribution in [-0.2, 0) is 0 Å². The highest BCUT2D eigenvalue weighted by Gasteiger charge is 2.32. The maximum absolute atomic E-state index is 12.7. The molecule has 0 radical (unpaired) electrons. The number of hydrogen-bond acceptors (Lipinski definition) is 4. The first-order chi connectivity index (χ1) is 10.7. The Morgan fingerprint density at radius 3 is 3.00 bits per heavy atom. The minimum absolute atomic E-state index is 0.0356. The van der Waals surface area contributed by atoms with Crippen LogP contribution in [0, 0.1) is 0 Å². The highest BCUT2D eigenvalue weighted by Crippen LogP contribution is 2.38. The maximum atomic E-state index is 12.7. The Balaban J connectivity index is 1.95. The molecule has 5 nitrogen and oxygen atoms in total. The molecule has 2 aliphatic heterocycles. The van der Waals surface area contributed by atoms with Crippen LogP contribution in [-0.4, -0.2) is 43.3 Å². The third kappa shape index (κ3) is 2.67. The Hall–Kier alpha value is -2.04. The maximum Gasteiger partial charge on any atom is 0.256 e. The van der Waals surface area contributed by atoms with Crippen molar-refractivity contribution in [3.63, 3.8) is 0 Å². The molecule has 1 unspecified atom stereocenters. The summed E-state index contributed by atoms with van der Waals surface area (Å²) >= 11 is 0. The van der Waals surface area contributed by atoms with E-state index in [0.29, 0.717) is 29.4 Å². The monoisotopic (exact) mass is 302 g/mol. The lowest BCUT2D eigenvalue weighted by molar-refractivity contribution is 0.0774. The molecule has 3 rings (SSSR count). The summed E-state index contributed by atoms with van der Waals surface area (Å²) in [7, 11) is 1.59. The van der Waals surface area contributed by atoms with Crippen molar-refractivity contribution in [1.29, 1.82) is 0 Å². The van der Waals surface area contributed by atoms with Crippen LogP contribution in [0.25, 0.3) is 0 Å². The van der Waals surface area contributed by atoms with Gasteiger partial charge in [-0.3, -0.25) is 9.79 Å². The molecule has 0 N–H and O–H groups in total. The highest BCUT2D eigenvalue weighted by atomic mass is 16.5.